The van der Waals surface area contributed by atoms with Crippen LogP contribution in [-0.4, -0.2) is 24.1 Å². The molecule has 0 atom stereocenters. The monoisotopic (exact) mass is 495 g/mol. The predicted octanol–water partition coefficient (Wildman–Crippen LogP) is 6.99. The van der Waals surface area contributed by atoms with Gasteiger partial charge in [0, 0.05) is 19.6 Å². The molecule has 0 amide bonds. The van der Waals surface area contributed by atoms with Gasteiger partial charge in [0.05, 0.1) is 6.26 Å². The van der Waals surface area contributed by atoms with Crippen LogP contribution in [0.5, 0.6) is 0 Å². The molecule has 1 N–H and O–H groups in total. The molecule has 0 saturated carbocycles. The first kappa shape index (κ1) is 28.8. The lowest BCUT2D eigenvalue weighted by Crippen LogP contribution is -2.22. The SMILES string of the molecule is CC(C)(C)c1ccc(CN(Cc2ccccc2)Cc2ccc(C(C)(C)C)cc2)cc1.CS(=O)(=O)O. The normalized spacial score (nSPS) is 12.3. The summed E-state index contributed by atoms with van der Waals surface area (Å²) in [6.07, 6.45) is 0.715. The van der Waals surface area contributed by atoms with E-state index in [-0.39, 0.29) is 10.8 Å². The summed E-state index contributed by atoms with van der Waals surface area (Å²) in [5.41, 5.74) is 7.25. The molecular formula is C30H41NO3S. The fourth-order valence-electron chi connectivity index (χ4n) is 3.75. The van der Waals surface area contributed by atoms with Gasteiger partial charge in [0.1, 0.15) is 0 Å². The highest BCUT2D eigenvalue weighted by Crippen LogP contribution is 2.25. The topological polar surface area (TPSA) is 57.6 Å². The number of benzene rings is 3. The average molecular weight is 496 g/mol. The standard InChI is InChI=1S/C29H37N.CH4O3S/c1-28(2,3)26-16-12-24(13-17-26)21-30(20-23-10-8-7-9-11-23)22-25-14-18-27(19-15-25)29(4,5)6;1-5(2,3)4/h7-19H,20-22H2,1-6H3;1H3,(H,2,3,4). The second-order valence-electron chi connectivity index (χ2n) is 11.3. The average Bonchev–Trinajstić information content (AvgIpc) is 2.73. The van der Waals surface area contributed by atoms with Crippen LogP contribution >= 0.6 is 0 Å². The molecule has 0 saturated heterocycles. The van der Waals surface area contributed by atoms with E-state index in [9.17, 15) is 8.42 Å². The molecule has 0 aliphatic rings. The molecular weight excluding hydrogens is 454 g/mol. The zero-order valence-corrected chi connectivity index (χ0v) is 23.1. The highest BCUT2D eigenvalue weighted by molar-refractivity contribution is 7.85. The van der Waals surface area contributed by atoms with E-state index in [1.54, 1.807) is 0 Å². The molecule has 3 aromatic carbocycles. The van der Waals surface area contributed by atoms with Gasteiger partial charge in [0.15, 0.2) is 0 Å². The first-order valence-electron chi connectivity index (χ1n) is 12.0. The van der Waals surface area contributed by atoms with E-state index in [4.69, 9.17) is 4.55 Å². The molecule has 3 aromatic rings. The highest BCUT2D eigenvalue weighted by Gasteiger charge is 2.15. The lowest BCUT2D eigenvalue weighted by Gasteiger charge is -2.25. The number of rotatable bonds is 6. The third-order valence-corrected chi connectivity index (χ3v) is 5.70. The van der Waals surface area contributed by atoms with Gasteiger partial charge in [-0.2, -0.15) is 8.42 Å². The Labute approximate surface area is 212 Å². The van der Waals surface area contributed by atoms with Gasteiger partial charge in [-0.05, 0) is 38.6 Å². The Hall–Kier alpha value is -2.47. The molecule has 0 aliphatic carbocycles. The van der Waals surface area contributed by atoms with Crippen LogP contribution in [0.15, 0.2) is 78.9 Å². The summed E-state index contributed by atoms with van der Waals surface area (Å²) in [6, 6.07) is 29.1. The first-order valence-corrected chi connectivity index (χ1v) is 13.8. The van der Waals surface area contributed by atoms with E-state index >= 15 is 0 Å². The Morgan fingerprint density at radius 3 is 1.17 bits per heavy atom. The largest absolute Gasteiger partial charge is 0.291 e. The van der Waals surface area contributed by atoms with Crippen LogP contribution in [0.3, 0.4) is 0 Å². The van der Waals surface area contributed by atoms with Gasteiger partial charge >= 0.3 is 0 Å². The minimum Gasteiger partial charge on any atom is -0.291 e. The van der Waals surface area contributed by atoms with Gasteiger partial charge in [-0.25, -0.2) is 0 Å². The van der Waals surface area contributed by atoms with Crippen molar-refractivity contribution in [3.8, 4) is 0 Å². The maximum absolute atomic E-state index is 9.19. The number of hydrogen-bond donors (Lipinski definition) is 1. The van der Waals surface area contributed by atoms with E-state index in [1.165, 1.54) is 27.8 Å². The van der Waals surface area contributed by atoms with Crippen LogP contribution in [-0.2, 0) is 40.6 Å². The van der Waals surface area contributed by atoms with Crippen LogP contribution in [0.2, 0.25) is 0 Å². The van der Waals surface area contributed by atoms with Crippen molar-refractivity contribution in [1.29, 1.82) is 0 Å². The third-order valence-electron chi connectivity index (χ3n) is 5.70. The molecule has 35 heavy (non-hydrogen) atoms. The van der Waals surface area contributed by atoms with Crippen molar-refractivity contribution in [3.63, 3.8) is 0 Å². The van der Waals surface area contributed by atoms with Crippen molar-refractivity contribution in [3.05, 3.63) is 107 Å². The molecule has 0 heterocycles. The number of hydrogen-bond acceptors (Lipinski definition) is 3. The second kappa shape index (κ2) is 12.0. The predicted molar refractivity (Wildman–Crippen MR) is 147 cm³/mol. The van der Waals surface area contributed by atoms with E-state index in [0.717, 1.165) is 19.6 Å². The van der Waals surface area contributed by atoms with E-state index in [1.807, 2.05) is 0 Å². The molecule has 4 nitrogen and oxygen atoms in total. The Balaban J connectivity index is 0.000000784. The maximum Gasteiger partial charge on any atom is 0.261 e. The molecule has 0 spiro atoms. The summed E-state index contributed by atoms with van der Waals surface area (Å²) >= 11 is 0. The summed E-state index contributed by atoms with van der Waals surface area (Å²) in [4.78, 5) is 2.54. The summed E-state index contributed by atoms with van der Waals surface area (Å²) in [5, 5.41) is 0. The van der Waals surface area contributed by atoms with Gasteiger partial charge in [0.25, 0.3) is 10.1 Å². The van der Waals surface area contributed by atoms with Crippen LogP contribution in [0.4, 0.5) is 0 Å². The molecule has 0 unspecified atom stereocenters. The minimum absolute atomic E-state index is 0.192. The quantitative estimate of drug-likeness (QED) is 0.375. The van der Waals surface area contributed by atoms with Crippen molar-refractivity contribution >= 4 is 10.1 Å². The van der Waals surface area contributed by atoms with Crippen molar-refractivity contribution < 1.29 is 13.0 Å². The van der Waals surface area contributed by atoms with E-state index < -0.39 is 10.1 Å². The molecule has 0 aliphatic heterocycles. The zero-order valence-electron chi connectivity index (χ0n) is 22.2. The van der Waals surface area contributed by atoms with Crippen LogP contribution in [0.25, 0.3) is 0 Å². The molecule has 5 heteroatoms. The first-order chi connectivity index (χ1) is 16.1. The lowest BCUT2D eigenvalue weighted by molar-refractivity contribution is 0.247. The molecule has 0 bridgehead atoms. The Morgan fingerprint density at radius 1 is 0.600 bits per heavy atom. The maximum atomic E-state index is 9.19. The second-order valence-corrected chi connectivity index (χ2v) is 12.7. The van der Waals surface area contributed by atoms with Gasteiger partial charge in [-0.1, -0.05) is 120 Å². The Morgan fingerprint density at radius 2 is 0.886 bits per heavy atom. The minimum atomic E-state index is -3.67. The van der Waals surface area contributed by atoms with Crippen molar-refractivity contribution in [2.24, 2.45) is 0 Å². The van der Waals surface area contributed by atoms with E-state index in [2.05, 4.69) is 125 Å². The van der Waals surface area contributed by atoms with Crippen molar-refractivity contribution in [1.82, 2.24) is 4.90 Å². The van der Waals surface area contributed by atoms with Gasteiger partial charge in [-0.3, -0.25) is 9.45 Å². The number of nitrogens with zero attached hydrogens (tertiary/aromatic N) is 1. The summed E-state index contributed by atoms with van der Waals surface area (Å²) in [5.74, 6) is 0. The highest BCUT2D eigenvalue weighted by atomic mass is 32.2. The zero-order chi connectivity index (χ0) is 26.3. The molecule has 3 rings (SSSR count). The summed E-state index contributed by atoms with van der Waals surface area (Å²) < 4.78 is 25.9. The van der Waals surface area contributed by atoms with Crippen LogP contribution in [0.1, 0.15) is 69.4 Å². The summed E-state index contributed by atoms with van der Waals surface area (Å²) in [7, 11) is -3.67. The van der Waals surface area contributed by atoms with Gasteiger partial charge < -0.3 is 0 Å². The smallest absolute Gasteiger partial charge is 0.261 e. The van der Waals surface area contributed by atoms with Crippen molar-refractivity contribution in [2.75, 3.05) is 6.26 Å². The molecule has 0 aromatic heterocycles. The fourth-order valence-corrected chi connectivity index (χ4v) is 3.75. The van der Waals surface area contributed by atoms with Crippen LogP contribution < -0.4 is 0 Å². The van der Waals surface area contributed by atoms with Gasteiger partial charge in [-0.15, -0.1) is 0 Å². The Kier molecular flexibility index (Phi) is 9.85. The molecule has 0 radical (unpaired) electrons. The van der Waals surface area contributed by atoms with Gasteiger partial charge in [0.2, 0.25) is 0 Å². The lowest BCUT2D eigenvalue weighted by atomic mass is 9.86. The van der Waals surface area contributed by atoms with Crippen LogP contribution in [0, 0.1) is 0 Å². The van der Waals surface area contributed by atoms with E-state index in [0.29, 0.717) is 6.26 Å². The third kappa shape index (κ3) is 11.2. The Bertz CT molecular complexity index is 1070. The van der Waals surface area contributed by atoms with Crippen molar-refractivity contribution in [2.45, 2.75) is 72.0 Å². The summed E-state index contributed by atoms with van der Waals surface area (Å²) in [6.45, 7) is 16.4. The molecule has 0 fully saturated rings. The fraction of sp³-hybridized carbons (Fsp3) is 0.400. The molecule has 190 valence electrons.